The molecular formula is C47H39I. The van der Waals surface area contributed by atoms with Crippen LogP contribution in [0.5, 0.6) is 0 Å². The van der Waals surface area contributed by atoms with Gasteiger partial charge in [-0.05, 0) is 152 Å². The summed E-state index contributed by atoms with van der Waals surface area (Å²) in [5.41, 5.74) is 23.3. The van der Waals surface area contributed by atoms with Crippen molar-refractivity contribution in [2.45, 2.75) is 68.1 Å². The second-order valence-electron chi connectivity index (χ2n) is 15.1. The Balaban J connectivity index is 1.27. The van der Waals surface area contributed by atoms with Crippen LogP contribution >= 0.6 is 22.6 Å². The standard InChI is InChI=1S/C47H39I/c1-46(2)41-24-10-8-16-31(41)35-20-12-22-37(44(35)46)39-26-28-27-40(30-15-5-7-19-34(30)43(28)33-18-6-4-14-29(33)39)38-23-13-21-36-32-17-9-11-25-42(32)47(3,48)45(36)38/h6-9,11-13,16-23,25-27H,4-5,10,14-15,24H2,1-3H3. The average Bonchev–Trinajstić information content (AvgIpc) is 3.51. The minimum absolute atomic E-state index is 0.0203. The molecule has 1 heteroatoms. The molecule has 234 valence electrons. The lowest BCUT2D eigenvalue weighted by Gasteiger charge is -2.30. The molecule has 1 atom stereocenters. The Bertz CT molecular complexity index is 2380. The molecule has 48 heavy (non-hydrogen) atoms. The summed E-state index contributed by atoms with van der Waals surface area (Å²) >= 11 is 2.72. The van der Waals surface area contributed by atoms with Crippen LogP contribution in [-0.2, 0) is 21.7 Å². The van der Waals surface area contributed by atoms with E-state index in [1.807, 2.05) is 0 Å². The predicted molar refractivity (Wildman–Crippen MR) is 214 cm³/mol. The zero-order valence-corrected chi connectivity index (χ0v) is 30.2. The van der Waals surface area contributed by atoms with Gasteiger partial charge in [0.15, 0.2) is 0 Å². The number of allylic oxidation sites excluding steroid dienone is 6. The van der Waals surface area contributed by atoms with Crippen LogP contribution in [0.25, 0.3) is 61.9 Å². The third kappa shape index (κ3) is 3.83. The van der Waals surface area contributed by atoms with Crippen LogP contribution in [0.15, 0.2) is 103 Å². The van der Waals surface area contributed by atoms with Crippen LogP contribution in [0.4, 0.5) is 0 Å². The number of alkyl halides is 1. The van der Waals surface area contributed by atoms with E-state index in [4.69, 9.17) is 0 Å². The third-order valence-electron chi connectivity index (χ3n) is 12.2. The Morgan fingerprint density at radius 3 is 1.77 bits per heavy atom. The molecule has 5 aromatic rings. The smallest absolute Gasteiger partial charge is 0.0708 e. The number of hydrogen-bond acceptors (Lipinski definition) is 0. The van der Waals surface area contributed by atoms with Crippen molar-refractivity contribution in [3.05, 3.63) is 147 Å². The first-order valence-electron chi connectivity index (χ1n) is 17.8. The molecule has 0 spiro atoms. The molecule has 0 saturated heterocycles. The molecule has 5 aliphatic rings. The average molecular weight is 731 g/mol. The Morgan fingerprint density at radius 1 is 0.542 bits per heavy atom. The van der Waals surface area contributed by atoms with E-state index >= 15 is 0 Å². The van der Waals surface area contributed by atoms with Gasteiger partial charge in [0, 0.05) is 5.41 Å². The molecule has 5 aliphatic carbocycles. The lowest BCUT2D eigenvalue weighted by atomic mass is 9.74. The number of hydrogen-bond donors (Lipinski definition) is 0. The first-order valence-corrected chi connectivity index (χ1v) is 18.9. The van der Waals surface area contributed by atoms with Gasteiger partial charge in [0.25, 0.3) is 0 Å². The van der Waals surface area contributed by atoms with Crippen molar-refractivity contribution in [1.29, 1.82) is 0 Å². The quantitative estimate of drug-likeness (QED) is 0.125. The molecule has 0 N–H and O–H groups in total. The topological polar surface area (TPSA) is 0 Å². The number of halogens is 1. The number of rotatable bonds is 2. The van der Waals surface area contributed by atoms with Gasteiger partial charge in [-0.3, -0.25) is 0 Å². The SMILES string of the molecule is CC1(C)C2=C(C=CCC2)c2cccc(-c3cc4cc(-c5cccc6c5C(C)(I)c5ccccc5-6)c5c(c4c4c3CCC=C4)C=CCC5)c21. The largest absolute Gasteiger partial charge is 0.0836 e. The summed E-state index contributed by atoms with van der Waals surface area (Å²) in [4.78, 5) is 0. The van der Waals surface area contributed by atoms with E-state index in [0.717, 1.165) is 38.5 Å². The second-order valence-corrected chi connectivity index (χ2v) is 17.2. The highest BCUT2D eigenvalue weighted by Gasteiger charge is 2.41. The van der Waals surface area contributed by atoms with E-state index in [-0.39, 0.29) is 8.84 Å². The zero-order valence-electron chi connectivity index (χ0n) is 28.0. The Labute approximate surface area is 298 Å². The van der Waals surface area contributed by atoms with E-state index in [2.05, 4.69) is 153 Å². The van der Waals surface area contributed by atoms with Crippen LogP contribution in [-0.4, -0.2) is 0 Å². The molecule has 1 unspecified atom stereocenters. The normalized spacial score (nSPS) is 20.8. The van der Waals surface area contributed by atoms with E-state index in [9.17, 15) is 0 Å². The van der Waals surface area contributed by atoms with Gasteiger partial charge < -0.3 is 0 Å². The summed E-state index contributed by atoms with van der Waals surface area (Å²) in [6, 6.07) is 28.3. The van der Waals surface area contributed by atoms with Crippen LogP contribution in [0.1, 0.15) is 91.0 Å². The Kier molecular flexibility index (Phi) is 6.21. The summed E-state index contributed by atoms with van der Waals surface area (Å²) in [6.45, 7) is 7.35. The molecule has 0 aliphatic heterocycles. The number of benzene rings is 5. The molecule has 0 aromatic heterocycles. The first-order chi connectivity index (χ1) is 23.4. The van der Waals surface area contributed by atoms with E-state index in [0.29, 0.717) is 0 Å². The fourth-order valence-corrected chi connectivity index (χ4v) is 11.2. The van der Waals surface area contributed by atoms with E-state index in [1.54, 1.807) is 5.57 Å². The lowest BCUT2D eigenvalue weighted by Crippen LogP contribution is -2.19. The fourth-order valence-electron chi connectivity index (χ4n) is 10.1. The van der Waals surface area contributed by atoms with Gasteiger partial charge in [0.05, 0.1) is 3.42 Å². The minimum atomic E-state index is -0.0902. The van der Waals surface area contributed by atoms with Crippen LogP contribution in [0, 0.1) is 0 Å². The van der Waals surface area contributed by atoms with Crippen LogP contribution < -0.4 is 0 Å². The third-order valence-corrected chi connectivity index (χ3v) is 13.3. The molecule has 0 fully saturated rings. The van der Waals surface area contributed by atoms with Gasteiger partial charge in [-0.2, -0.15) is 0 Å². The van der Waals surface area contributed by atoms with Crippen molar-refractivity contribution in [3.8, 4) is 33.4 Å². The van der Waals surface area contributed by atoms with Crippen molar-refractivity contribution < 1.29 is 0 Å². The summed E-state index contributed by atoms with van der Waals surface area (Å²) in [7, 11) is 0. The highest BCUT2D eigenvalue weighted by molar-refractivity contribution is 14.1. The fraction of sp³-hybridized carbons (Fsp3) is 0.234. The van der Waals surface area contributed by atoms with Gasteiger partial charge in [-0.15, -0.1) is 0 Å². The van der Waals surface area contributed by atoms with E-state index in [1.165, 1.54) is 94.2 Å². The van der Waals surface area contributed by atoms with Gasteiger partial charge in [0.1, 0.15) is 0 Å². The molecule has 0 bridgehead atoms. The summed E-state index contributed by atoms with van der Waals surface area (Å²) in [5, 5.41) is 2.81. The van der Waals surface area contributed by atoms with Gasteiger partial charge in [0.2, 0.25) is 0 Å². The molecule has 5 aromatic carbocycles. The maximum atomic E-state index is 2.72. The number of fused-ring (bicyclic) bond motifs is 10. The molecule has 0 saturated carbocycles. The Morgan fingerprint density at radius 2 is 1.08 bits per heavy atom. The molecule has 0 nitrogen and oxygen atoms in total. The molecule has 10 rings (SSSR count). The van der Waals surface area contributed by atoms with Crippen LogP contribution in [0.3, 0.4) is 0 Å². The van der Waals surface area contributed by atoms with Crippen molar-refractivity contribution in [2.24, 2.45) is 0 Å². The second kappa shape index (κ2) is 10.3. The first kappa shape index (κ1) is 29.0. The van der Waals surface area contributed by atoms with Crippen molar-refractivity contribution >= 4 is 51.1 Å². The predicted octanol–water partition coefficient (Wildman–Crippen LogP) is 13.2. The van der Waals surface area contributed by atoms with Gasteiger partial charge >= 0.3 is 0 Å². The summed E-state index contributed by atoms with van der Waals surface area (Å²) in [6.07, 6.45) is 21.2. The zero-order chi connectivity index (χ0) is 32.4. The van der Waals surface area contributed by atoms with E-state index < -0.39 is 0 Å². The molecule has 0 amide bonds. The lowest BCUT2D eigenvalue weighted by molar-refractivity contribution is 0.609. The highest BCUT2D eigenvalue weighted by Crippen LogP contribution is 2.58. The van der Waals surface area contributed by atoms with Gasteiger partial charge in [-0.1, -0.05) is 139 Å². The molecule has 0 radical (unpaired) electrons. The van der Waals surface area contributed by atoms with Crippen LogP contribution in [0.2, 0.25) is 0 Å². The summed E-state index contributed by atoms with van der Waals surface area (Å²) < 4.78 is -0.0902. The Hall–Kier alpha value is -3.95. The van der Waals surface area contributed by atoms with Gasteiger partial charge in [-0.25, -0.2) is 0 Å². The molecular weight excluding hydrogens is 691 g/mol. The maximum absolute atomic E-state index is 2.72. The van der Waals surface area contributed by atoms with Crippen molar-refractivity contribution in [3.63, 3.8) is 0 Å². The highest BCUT2D eigenvalue weighted by atomic mass is 127. The maximum Gasteiger partial charge on any atom is 0.0708 e. The van der Waals surface area contributed by atoms with Crippen molar-refractivity contribution in [2.75, 3.05) is 0 Å². The molecule has 0 heterocycles. The minimum Gasteiger partial charge on any atom is -0.0836 e. The summed E-state index contributed by atoms with van der Waals surface area (Å²) in [5.74, 6) is 0. The monoisotopic (exact) mass is 730 g/mol. The van der Waals surface area contributed by atoms with Crippen molar-refractivity contribution in [1.82, 2.24) is 0 Å².